The number of nitrogens with one attached hydrogen (secondary N) is 2. The number of pyridine rings is 1. The second kappa shape index (κ2) is 7.52. The van der Waals surface area contributed by atoms with Gasteiger partial charge in [-0.3, -0.25) is 9.52 Å². The largest absolute Gasteiger partial charge is 0.454 e. The van der Waals surface area contributed by atoms with Crippen LogP contribution in [0.4, 0.5) is 11.5 Å². The number of hydrogen-bond donors (Lipinski definition) is 2. The summed E-state index contributed by atoms with van der Waals surface area (Å²) in [5, 5.41) is 2.94. The Kier molecular flexibility index (Phi) is 4.78. The SMILES string of the molecule is CS(=O)(=O)Nc1cccc(-c2cccc(NC(=O)C3(c4ccc5c(c4)OCO5)CC3)n2)c1. The maximum atomic E-state index is 13.2. The molecular formula is C23H21N3O5S. The van der Waals surface area contributed by atoms with Crippen molar-refractivity contribution in [1.82, 2.24) is 4.98 Å². The van der Waals surface area contributed by atoms with Crippen LogP contribution < -0.4 is 19.5 Å². The van der Waals surface area contributed by atoms with Crippen LogP contribution in [0.25, 0.3) is 11.3 Å². The van der Waals surface area contributed by atoms with Crippen molar-refractivity contribution in [2.45, 2.75) is 18.3 Å². The molecule has 2 aromatic carbocycles. The topological polar surface area (TPSA) is 107 Å². The number of aromatic nitrogens is 1. The summed E-state index contributed by atoms with van der Waals surface area (Å²) in [7, 11) is -3.38. The molecule has 2 N–H and O–H groups in total. The predicted octanol–water partition coefficient (Wildman–Crippen LogP) is 3.52. The highest BCUT2D eigenvalue weighted by Gasteiger charge is 2.51. The second-order valence-corrected chi connectivity index (χ2v) is 9.72. The highest BCUT2D eigenvalue weighted by Crippen LogP contribution is 2.51. The summed E-state index contributed by atoms with van der Waals surface area (Å²) in [6.45, 7) is 0.190. The van der Waals surface area contributed by atoms with E-state index in [0.29, 0.717) is 28.7 Å². The molecule has 32 heavy (non-hydrogen) atoms. The van der Waals surface area contributed by atoms with Gasteiger partial charge in [0.1, 0.15) is 5.82 Å². The Morgan fingerprint density at radius 2 is 1.78 bits per heavy atom. The van der Waals surface area contributed by atoms with E-state index in [4.69, 9.17) is 9.47 Å². The summed E-state index contributed by atoms with van der Waals surface area (Å²) in [6.07, 6.45) is 2.59. The summed E-state index contributed by atoms with van der Waals surface area (Å²) < 4.78 is 36.3. The molecule has 0 saturated heterocycles. The monoisotopic (exact) mass is 451 g/mol. The van der Waals surface area contributed by atoms with Crippen LogP contribution in [0, 0.1) is 0 Å². The molecule has 1 saturated carbocycles. The molecular weight excluding hydrogens is 430 g/mol. The predicted molar refractivity (Wildman–Crippen MR) is 120 cm³/mol. The first-order valence-corrected chi connectivity index (χ1v) is 12.0. The molecule has 3 aromatic rings. The smallest absolute Gasteiger partial charge is 0.236 e. The molecule has 1 aliphatic heterocycles. The maximum Gasteiger partial charge on any atom is 0.236 e. The first kappa shape index (κ1) is 20.3. The van der Waals surface area contributed by atoms with Crippen LogP contribution in [0.15, 0.2) is 60.7 Å². The van der Waals surface area contributed by atoms with Crippen LogP contribution in [-0.2, 0) is 20.2 Å². The van der Waals surface area contributed by atoms with E-state index in [2.05, 4.69) is 15.0 Å². The third-order valence-electron chi connectivity index (χ3n) is 5.56. The number of carbonyl (C=O) groups excluding carboxylic acids is 1. The molecule has 1 aliphatic carbocycles. The van der Waals surface area contributed by atoms with Gasteiger partial charge in [-0.2, -0.15) is 0 Å². The van der Waals surface area contributed by atoms with Gasteiger partial charge in [-0.15, -0.1) is 0 Å². The highest BCUT2D eigenvalue weighted by atomic mass is 32.2. The normalized spacial score (nSPS) is 15.8. The Morgan fingerprint density at radius 3 is 2.56 bits per heavy atom. The van der Waals surface area contributed by atoms with Crippen LogP contribution >= 0.6 is 0 Å². The van der Waals surface area contributed by atoms with E-state index >= 15 is 0 Å². The molecule has 1 fully saturated rings. The Hall–Kier alpha value is -3.59. The van der Waals surface area contributed by atoms with Gasteiger partial charge >= 0.3 is 0 Å². The number of carbonyl (C=O) groups is 1. The minimum Gasteiger partial charge on any atom is -0.454 e. The number of hydrogen-bond acceptors (Lipinski definition) is 6. The number of benzene rings is 2. The Balaban J connectivity index is 1.37. The number of ether oxygens (including phenoxy) is 2. The van der Waals surface area contributed by atoms with Crippen molar-refractivity contribution in [2.75, 3.05) is 23.1 Å². The minimum absolute atomic E-state index is 0.117. The third-order valence-corrected chi connectivity index (χ3v) is 6.17. The van der Waals surface area contributed by atoms with Crippen LogP contribution in [0.3, 0.4) is 0 Å². The molecule has 164 valence electrons. The molecule has 5 rings (SSSR count). The number of fused-ring (bicyclic) bond motifs is 1. The minimum atomic E-state index is -3.38. The summed E-state index contributed by atoms with van der Waals surface area (Å²) in [6, 6.07) is 17.9. The van der Waals surface area contributed by atoms with Gasteiger partial charge in [-0.05, 0) is 54.8 Å². The van der Waals surface area contributed by atoms with Gasteiger partial charge in [0.2, 0.25) is 22.7 Å². The van der Waals surface area contributed by atoms with Crippen LogP contribution in [0.1, 0.15) is 18.4 Å². The summed E-state index contributed by atoms with van der Waals surface area (Å²) in [5.74, 6) is 1.66. The average molecular weight is 452 g/mol. The standard InChI is InChI=1S/C23H21N3O5S/c1-32(28,29)26-17-5-2-4-15(12-17)18-6-3-7-21(24-18)25-22(27)23(10-11-23)16-8-9-19-20(13-16)31-14-30-19/h2-9,12-13,26H,10-11,14H2,1H3,(H,24,25,27). The lowest BCUT2D eigenvalue weighted by molar-refractivity contribution is -0.118. The van der Waals surface area contributed by atoms with Crippen molar-refractivity contribution < 1.29 is 22.7 Å². The van der Waals surface area contributed by atoms with Gasteiger partial charge in [0.25, 0.3) is 0 Å². The fraction of sp³-hybridized carbons (Fsp3) is 0.217. The van der Waals surface area contributed by atoms with Gasteiger partial charge in [-0.1, -0.05) is 24.3 Å². The van der Waals surface area contributed by atoms with E-state index in [9.17, 15) is 13.2 Å². The second-order valence-electron chi connectivity index (χ2n) is 7.97. The van der Waals surface area contributed by atoms with Gasteiger partial charge in [0.15, 0.2) is 11.5 Å². The zero-order valence-corrected chi connectivity index (χ0v) is 18.1. The van der Waals surface area contributed by atoms with E-state index < -0.39 is 15.4 Å². The lowest BCUT2D eigenvalue weighted by Crippen LogP contribution is -2.28. The molecule has 0 unspecified atom stereocenters. The van der Waals surface area contributed by atoms with Crippen molar-refractivity contribution in [3.05, 3.63) is 66.2 Å². The summed E-state index contributed by atoms with van der Waals surface area (Å²) in [4.78, 5) is 17.7. The zero-order chi connectivity index (χ0) is 22.3. The Morgan fingerprint density at radius 1 is 1.00 bits per heavy atom. The maximum absolute atomic E-state index is 13.2. The number of rotatable bonds is 6. The van der Waals surface area contributed by atoms with Crippen molar-refractivity contribution in [2.24, 2.45) is 0 Å². The molecule has 0 radical (unpaired) electrons. The quantitative estimate of drug-likeness (QED) is 0.594. The highest BCUT2D eigenvalue weighted by molar-refractivity contribution is 7.92. The summed E-state index contributed by atoms with van der Waals surface area (Å²) >= 11 is 0. The lowest BCUT2D eigenvalue weighted by atomic mass is 9.94. The molecule has 9 heteroatoms. The zero-order valence-electron chi connectivity index (χ0n) is 17.3. The third kappa shape index (κ3) is 3.99. The van der Waals surface area contributed by atoms with E-state index in [1.165, 1.54) is 0 Å². The number of nitrogens with zero attached hydrogens (tertiary/aromatic N) is 1. The van der Waals surface area contributed by atoms with Crippen molar-refractivity contribution in [3.8, 4) is 22.8 Å². The van der Waals surface area contributed by atoms with Crippen molar-refractivity contribution in [3.63, 3.8) is 0 Å². The molecule has 0 atom stereocenters. The Labute approximate surface area is 185 Å². The van der Waals surface area contributed by atoms with Crippen molar-refractivity contribution >= 4 is 27.4 Å². The molecule has 0 spiro atoms. The van der Waals surface area contributed by atoms with Crippen molar-refractivity contribution in [1.29, 1.82) is 0 Å². The van der Waals surface area contributed by atoms with Gasteiger partial charge in [0.05, 0.1) is 17.4 Å². The average Bonchev–Trinajstić information content (AvgIpc) is 3.44. The molecule has 0 bridgehead atoms. The van der Waals surface area contributed by atoms with E-state index in [1.54, 1.807) is 36.4 Å². The van der Waals surface area contributed by atoms with E-state index in [-0.39, 0.29) is 12.7 Å². The molecule has 2 aliphatic rings. The fourth-order valence-electron chi connectivity index (χ4n) is 3.82. The first-order valence-electron chi connectivity index (χ1n) is 10.1. The van der Waals surface area contributed by atoms with Gasteiger partial charge in [-0.25, -0.2) is 13.4 Å². The first-order chi connectivity index (χ1) is 15.3. The van der Waals surface area contributed by atoms with Gasteiger partial charge in [0, 0.05) is 11.3 Å². The van der Waals surface area contributed by atoms with Crippen LogP contribution in [0.5, 0.6) is 11.5 Å². The Bertz CT molecular complexity index is 1320. The number of sulfonamides is 1. The van der Waals surface area contributed by atoms with Gasteiger partial charge < -0.3 is 14.8 Å². The molecule has 8 nitrogen and oxygen atoms in total. The lowest BCUT2D eigenvalue weighted by Gasteiger charge is -2.16. The molecule has 1 amide bonds. The van der Waals surface area contributed by atoms with Crippen LogP contribution in [0.2, 0.25) is 0 Å². The molecule has 2 heterocycles. The van der Waals surface area contributed by atoms with E-state index in [0.717, 1.165) is 30.2 Å². The fourth-order valence-corrected chi connectivity index (χ4v) is 4.38. The number of anilines is 2. The van der Waals surface area contributed by atoms with Crippen LogP contribution in [-0.4, -0.2) is 32.4 Å². The number of amides is 1. The molecule has 1 aromatic heterocycles. The van der Waals surface area contributed by atoms with E-state index in [1.807, 2.05) is 24.3 Å². The summed E-state index contributed by atoms with van der Waals surface area (Å²) in [5.41, 5.74) is 2.09.